The molecular formula is C15H16BrNO4S. The van der Waals surface area contributed by atoms with Gasteiger partial charge in [-0.05, 0) is 49.4 Å². The molecule has 1 aliphatic heterocycles. The number of carbonyl (C=O) groups excluding carboxylic acids is 2. The Kier molecular flexibility index (Phi) is 5.52. The summed E-state index contributed by atoms with van der Waals surface area (Å²) in [6.07, 6.45) is 1.69. The zero-order chi connectivity index (χ0) is 16.3. The van der Waals surface area contributed by atoms with Crippen molar-refractivity contribution in [3.63, 3.8) is 0 Å². The molecule has 1 fully saturated rings. The second kappa shape index (κ2) is 7.19. The maximum atomic E-state index is 12.1. The third kappa shape index (κ3) is 3.30. The minimum Gasteiger partial charge on any atom is -0.493 e. The lowest BCUT2D eigenvalue weighted by Crippen LogP contribution is -2.27. The molecule has 1 aromatic rings. The second-order valence-corrected chi connectivity index (χ2v) is 6.23. The normalized spacial score (nSPS) is 16.5. The van der Waals surface area contributed by atoms with Gasteiger partial charge in [0, 0.05) is 11.0 Å². The Morgan fingerprint density at radius 1 is 1.27 bits per heavy atom. The van der Waals surface area contributed by atoms with Crippen molar-refractivity contribution in [2.45, 2.75) is 13.8 Å². The first kappa shape index (κ1) is 16.9. The quantitative estimate of drug-likeness (QED) is 0.719. The molecule has 7 heteroatoms. The Bertz CT molecular complexity index is 645. The standard InChI is InChI=1S/C15H16BrNO4S/c1-4-17-14(18)13(22-15(17)19)7-9-6-12(21-5-2)11(20-3)8-10(9)16/h6-8H,4-5H2,1-3H3/b13-7+. The molecular weight excluding hydrogens is 370 g/mol. The molecule has 1 aromatic carbocycles. The molecule has 1 heterocycles. The maximum Gasteiger partial charge on any atom is 0.293 e. The van der Waals surface area contributed by atoms with Crippen LogP contribution >= 0.6 is 27.7 Å². The third-order valence-electron chi connectivity index (χ3n) is 3.06. The van der Waals surface area contributed by atoms with Gasteiger partial charge in [0.1, 0.15) is 0 Å². The van der Waals surface area contributed by atoms with E-state index in [1.807, 2.05) is 6.92 Å². The number of benzene rings is 1. The molecule has 5 nitrogen and oxygen atoms in total. The zero-order valence-corrected chi connectivity index (χ0v) is 14.9. The largest absolute Gasteiger partial charge is 0.493 e. The van der Waals surface area contributed by atoms with Crippen molar-refractivity contribution in [2.75, 3.05) is 20.3 Å². The molecule has 118 valence electrons. The lowest BCUT2D eigenvalue weighted by molar-refractivity contribution is -0.122. The zero-order valence-electron chi connectivity index (χ0n) is 12.5. The SMILES string of the molecule is CCOc1cc(/C=C2/SC(=O)N(CC)C2=O)c(Br)cc1OC. The van der Waals surface area contributed by atoms with E-state index in [9.17, 15) is 9.59 Å². The molecule has 2 rings (SSSR count). The summed E-state index contributed by atoms with van der Waals surface area (Å²) >= 11 is 4.39. The molecule has 0 saturated carbocycles. The van der Waals surface area contributed by atoms with Crippen LogP contribution in [-0.4, -0.2) is 36.3 Å². The van der Waals surface area contributed by atoms with Gasteiger partial charge >= 0.3 is 0 Å². The average Bonchev–Trinajstić information content (AvgIpc) is 2.76. The number of hydrogen-bond donors (Lipinski definition) is 0. The third-order valence-corrected chi connectivity index (χ3v) is 4.65. The van der Waals surface area contributed by atoms with Crippen molar-refractivity contribution in [3.8, 4) is 11.5 Å². The molecule has 0 aliphatic carbocycles. The first-order chi connectivity index (χ1) is 10.5. The van der Waals surface area contributed by atoms with E-state index in [-0.39, 0.29) is 11.1 Å². The maximum absolute atomic E-state index is 12.1. The van der Waals surface area contributed by atoms with Gasteiger partial charge in [-0.15, -0.1) is 0 Å². The van der Waals surface area contributed by atoms with Gasteiger partial charge in [-0.1, -0.05) is 15.9 Å². The van der Waals surface area contributed by atoms with Crippen molar-refractivity contribution < 1.29 is 19.1 Å². The minimum atomic E-state index is -0.266. The van der Waals surface area contributed by atoms with Crippen LogP contribution in [0.4, 0.5) is 4.79 Å². The summed E-state index contributed by atoms with van der Waals surface area (Å²) in [6, 6.07) is 3.56. The van der Waals surface area contributed by atoms with Gasteiger partial charge in [-0.3, -0.25) is 14.5 Å². The number of rotatable bonds is 5. The summed E-state index contributed by atoms with van der Waals surface area (Å²) in [5, 5.41) is -0.242. The molecule has 0 spiro atoms. The molecule has 0 aromatic heterocycles. The van der Waals surface area contributed by atoms with E-state index in [1.165, 1.54) is 4.90 Å². The highest BCUT2D eigenvalue weighted by Gasteiger charge is 2.33. The number of methoxy groups -OCH3 is 1. The molecule has 2 amide bonds. The van der Waals surface area contributed by atoms with Crippen LogP contribution in [0.15, 0.2) is 21.5 Å². The van der Waals surface area contributed by atoms with Gasteiger partial charge < -0.3 is 9.47 Å². The molecule has 22 heavy (non-hydrogen) atoms. The van der Waals surface area contributed by atoms with E-state index in [4.69, 9.17) is 9.47 Å². The second-order valence-electron chi connectivity index (χ2n) is 4.38. The Hall–Kier alpha value is -1.47. The van der Waals surface area contributed by atoms with Crippen molar-refractivity contribution in [3.05, 3.63) is 27.1 Å². The van der Waals surface area contributed by atoms with Gasteiger partial charge in [0.15, 0.2) is 11.5 Å². The highest BCUT2D eigenvalue weighted by Crippen LogP contribution is 2.37. The van der Waals surface area contributed by atoms with E-state index in [0.717, 1.165) is 21.8 Å². The van der Waals surface area contributed by atoms with E-state index >= 15 is 0 Å². The predicted molar refractivity (Wildman–Crippen MR) is 90.2 cm³/mol. The van der Waals surface area contributed by atoms with Crippen LogP contribution in [0.25, 0.3) is 6.08 Å². The number of imide groups is 1. The Morgan fingerprint density at radius 3 is 2.55 bits per heavy atom. The number of thioether (sulfide) groups is 1. The van der Waals surface area contributed by atoms with Gasteiger partial charge in [0.2, 0.25) is 0 Å². The van der Waals surface area contributed by atoms with Gasteiger partial charge in [-0.2, -0.15) is 0 Å². The van der Waals surface area contributed by atoms with E-state index in [1.54, 1.807) is 32.2 Å². The van der Waals surface area contributed by atoms with E-state index in [2.05, 4.69) is 15.9 Å². The van der Waals surface area contributed by atoms with Gasteiger partial charge in [0.05, 0.1) is 18.6 Å². The van der Waals surface area contributed by atoms with Crippen LogP contribution < -0.4 is 9.47 Å². The highest BCUT2D eigenvalue weighted by molar-refractivity contribution is 9.10. The van der Waals surface area contributed by atoms with Crippen LogP contribution in [0, 0.1) is 0 Å². The summed E-state index contributed by atoms with van der Waals surface area (Å²) in [6.45, 7) is 4.53. The number of amides is 2. The molecule has 0 N–H and O–H groups in total. The highest BCUT2D eigenvalue weighted by atomic mass is 79.9. The minimum absolute atomic E-state index is 0.242. The monoisotopic (exact) mass is 385 g/mol. The van der Waals surface area contributed by atoms with Gasteiger partial charge in [-0.25, -0.2) is 0 Å². The lowest BCUT2D eigenvalue weighted by atomic mass is 10.2. The van der Waals surface area contributed by atoms with Crippen LogP contribution in [0.1, 0.15) is 19.4 Å². The lowest BCUT2D eigenvalue weighted by Gasteiger charge is -2.11. The van der Waals surface area contributed by atoms with Crippen molar-refractivity contribution in [1.82, 2.24) is 4.90 Å². The molecule has 0 atom stereocenters. The smallest absolute Gasteiger partial charge is 0.293 e. The summed E-state index contributed by atoms with van der Waals surface area (Å²) in [4.78, 5) is 25.5. The summed E-state index contributed by atoms with van der Waals surface area (Å²) in [5.74, 6) is 0.930. The molecule has 1 aliphatic rings. The van der Waals surface area contributed by atoms with Crippen LogP contribution in [0.5, 0.6) is 11.5 Å². The Morgan fingerprint density at radius 2 is 2.00 bits per heavy atom. The van der Waals surface area contributed by atoms with Crippen molar-refractivity contribution in [2.24, 2.45) is 0 Å². The first-order valence-corrected chi connectivity index (χ1v) is 8.38. The van der Waals surface area contributed by atoms with Crippen LogP contribution in [-0.2, 0) is 4.79 Å². The number of carbonyl (C=O) groups is 2. The molecule has 1 saturated heterocycles. The van der Waals surface area contributed by atoms with Gasteiger partial charge in [0.25, 0.3) is 11.1 Å². The Labute approximate surface area is 141 Å². The first-order valence-electron chi connectivity index (χ1n) is 6.77. The number of nitrogens with zero attached hydrogens (tertiary/aromatic N) is 1. The number of likely N-dealkylation sites (N-methyl/N-ethyl adjacent to an activating group) is 1. The van der Waals surface area contributed by atoms with Crippen molar-refractivity contribution >= 4 is 44.9 Å². The predicted octanol–water partition coefficient (Wildman–Crippen LogP) is 3.91. The fourth-order valence-electron chi connectivity index (χ4n) is 2.00. The molecule has 0 bridgehead atoms. The fraction of sp³-hybridized carbons (Fsp3) is 0.333. The van der Waals surface area contributed by atoms with Crippen LogP contribution in [0.3, 0.4) is 0 Å². The van der Waals surface area contributed by atoms with Crippen molar-refractivity contribution in [1.29, 1.82) is 0 Å². The topological polar surface area (TPSA) is 55.8 Å². The molecule has 0 unspecified atom stereocenters. The molecule has 0 radical (unpaired) electrons. The fourth-order valence-corrected chi connectivity index (χ4v) is 3.33. The number of hydrogen-bond acceptors (Lipinski definition) is 5. The van der Waals surface area contributed by atoms with E-state index < -0.39 is 0 Å². The average molecular weight is 386 g/mol. The summed E-state index contributed by atoms with van der Waals surface area (Å²) in [7, 11) is 1.57. The summed E-state index contributed by atoms with van der Waals surface area (Å²) in [5.41, 5.74) is 0.755. The van der Waals surface area contributed by atoms with E-state index in [0.29, 0.717) is 29.6 Å². The van der Waals surface area contributed by atoms with Crippen LogP contribution in [0.2, 0.25) is 0 Å². The Balaban J connectivity index is 2.41. The number of ether oxygens (including phenoxy) is 2. The summed E-state index contributed by atoms with van der Waals surface area (Å²) < 4.78 is 11.6. The number of halogens is 1.